The molecule has 2 amide bonds. The Morgan fingerprint density at radius 1 is 1.07 bits per heavy atom. The smallest absolute Gasteiger partial charge is 0.253 e. The lowest BCUT2D eigenvalue weighted by Gasteiger charge is -2.26. The van der Waals surface area contributed by atoms with E-state index in [2.05, 4.69) is 4.90 Å². The Balaban J connectivity index is 1.91. The minimum absolute atomic E-state index is 0.0292. The van der Waals surface area contributed by atoms with Gasteiger partial charge in [0.25, 0.3) is 5.91 Å². The predicted octanol–water partition coefficient (Wildman–Crippen LogP) is 1.80. The molecule has 148 valence electrons. The van der Waals surface area contributed by atoms with Gasteiger partial charge in [0.05, 0.1) is 31.5 Å². The van der Waals surface area contributed by atoms with Crippen LogP contribution in [0.25, 0.3) is 0 Å². The molecule has 0 spiro atoms. The molecule has 1 aromatic carbocycles. The van der Waals surface area contributed by atoms with Crippen molar-refractivity contribution in [2.45, 2.75) is 26.2 Å². The number of rotatable bonds is 7. The summed E-state index contributed by atoms with van der Waals surface area (Å²) in [5.74, 6) is -0.0366. The number of nitrogens with zero attached hydrogens (tertiary/aromatic N) is 5. The number of aryl methyl sites for hydroxylation is 1. The Morgan fingerprint density at radius 3 is 2.43 bits per heavy atom. The van der Waals surface area contributed by atoms with Gasteiger partial charge in [-0.1, -0.05) is 17.7 Å². The second kappa shape index (κ2) is 11.1. The van der Waals surface area contributed by atoms with Crippen LogP contribution in [0.2, 0.25) is 0 Å². The van der Waals surface area contributed by atoms with Crippen molar-refractivity contribution in [1.29, 1.82) is 10.5 Å². The zero-order valence-corrected chi connectivity index (χ0v) is 16.4. The topological polar surface area (TPSA) is 91.4 Å². The van der Waals surface area contributed by atoms with Crippen LogP contribution in [0.3, 0.4) is 0 Å². The normalized spacial score (nSPS) is 14.6. The van der Waals surface area contributed by atoms with Gasteiger partial charge in [-0.2, -0.15) is 10.5 Å². The second-order valence-electron chi connectivity index (χ2n) is 6.99. The van der Waals surface area contributed by atoms with Crippen molar-refractivity contribution in [2.75, 3.05) is 45.8 Å². The van der Waals surface area contributed by atoms with E-state index in [1.54, 1.807) is 4.90 Å². The van der Waals surface area contributed by atoms with Crippen LogP contribution in [0.5, 0.6) is 0 Å². The van der Waals surface area contributed by atoms with E-state index < -0.39 is 0 Å². The van der Waals surface area contributed by atoms with E-state index in [0.717, 1.165) is 18.5 Å². The van der Waals surface area contributed by atoms with Gasteiger partial charge in [0.15, 0.2) is 0 Å². The van der Waals surface area contributed by atoms with Crippen LogP contribution >= 0.6 is 0 Å². The Hall–Kier alpha value is -2.90. The lowest BCUT2D eigenvalue weighted by molar-refractivity contribution is -0.132. The van der Waals surface area contributed by atoms with Crippen LogP contribution in [-0.2, 0) is 4.79 Å². The van der Waals surface area contributed by atoms with E-state index in [0.29, 0.717) is 38.3 Å². The molecule has 0 aliphatic carbocycles. The largest absolute Gasteiger partial charge is 0.340 e. The molecule has 0 aromatic heterocycles. The first-order chi connectivity index (χ1) is 13.5. The number of benzene rings is 1. The first-order valence-corrected chi connectivity index (χ1v) is 9.65. The molecular formula is C21H27N5O2. The molecule has 7 nitrogen and oxygen atoms in total. The van der Waals surface area contributed by atoms with Gasteiger partial charge in [0.1, 0.15) is 0 Å². The SMILES string of the molecule is Cc1cccc(C(=O)N2CCCN(CC(=O)N(CCC#N)CCC#N)CC2)c1. The van der Waals surface area contributed by atoms with E-state index >= 15 is 0 Å². The summed E-state index contributed by atoms with van der Waals surface area (Å²) in [6, 6.07) is 11.7. The Morgan fingerprint density at radius 2 is 1.79 bits per heavy atom. The molecule has 0 saturated carbocycles. The fraction of sp³-hybridized carbons (Fsp3) is 0.524. The maximum Gasteiger partial charge on any atom is 0.253 e. The average molecular weight is 381 g/mol. The zero-order valence-electron chi connectivity index (χ0n) is 16.4. The lowest BCUT2D eigenvalue weighted by Crippen LogP contribution is -2.42. The van der Waals surface area contributed by atoms with Crippen molar-refractivity contribution >= 4 is 11.8 Å². The van der Waals surface area contributed by atoms with Crippen molar-refractivity contribution < 1.29 is 9.59 Å². The molecule has 7 heteroatoms. The summed E-state index contributed by atoms with van der Waals surface area (Å²) in [5, 5.41) is 17.5. The molecule has 0 atom stereocenters. The van der Waals surface area contributed by atoms with Gasteiger partial charge >= 0.3 is 0 Å². The molecule has 1 aliphatic heterocycles. The van der Waals surface area contributed by atoms with Crippen LogP contribution in [0.4, 0.5) is 0 Å². The summed E-state index contributed by atoms with van der Waals surface area (Å²) >= 11 is 0. The molecule has 1 saturated heterocycles. The van der Waals surface area contributed by atoms with Gasteiger partial charge in [-0.25, -0.2) is 0 Å². The number of nitriles is 2. The number of carbonyl (C=O) groups excluding carboxylic acids is 2. The Labute approximate surface area is 166 Å². The van der Waals surface area contributed by atoms with Crippen molar-refractivity contribution in [2.24, 2.45) is 0 Å². The van der Waals surface area contributed by atoms with E-state index in [4.69, 9.17) is 10.5 Å². The molecule has 0 bridgehead atoms. The minimum atomic E-state index is -0.0658. The van der Waals surface area contributed by atoms with Crippen LogP contribution in [0.15, 0.2) is 24.3 Å². The number of hydrogen-bond acceptors (Lipinski definition) is 5. The van der Waals surface area contributed by atoms with Gasteiger partial charge in [-0.15, -0.1) is 0 Å². The third kappa shape index (κ3) is 6.37. The standard InChI is InChI=1S/C21H27N5O2/c1-18-6-2-7-19(16-18)21(28)26-13-5-10-24(14-15-26)17-20(27)25(11-3-8-22)12-4-9-23/h2,6-7,16H,3-5,10-15,17H2,1H3. The first kappa shape index (κ1) is 21.4. The van der Waals surface area contributed by atoms with Crippen LogP contribution in [0, 0.1) is 29.6 Å². The molecular weight excluding hydrogens is 354 g/mol. The van der Waals surface area contributed by atoms with Gasteiger partial charge < -0.3 is 9.80 Å². The molecule has 1 aromatic rings. The number of carbonyl (C=O) groups is 2. The molecule has 0 radical (unpaired) electrons. The molecule has 0 N–H and O–H groups in total. The third-order valence-corrected chi connectivity index (χ3v) is 4.84. The molecule has 28 heavy (non-hydrogen) atoms. The fourth-order valence-electron chi connectivity index (χ4n) is 3.32. The summed E-state index contributed by atoms with van der Waals surface area (Å²) in [4.78, 5) is 30.8. The van der Waals surface area contributed by atoms with Crippen molar-refractivity contribution in [3.8, 4) is 12.1 Å². The predicted molar refractivity (Wildman–Crippen MR) is 105 cm³/mol. The summed E-state index contributed by atoms with van der Waals surface area (Å²) in [5.41, 5.74) is 1.76. The summed E-state index contributed by atoms with van der Waals surface area (Å²) in [6.45, 7) is 5.55. The summed E-state index contributed by atoms with van der Waals surface area (Å²) in [6.07, 6.45) is 1.33. The fourth-order valence-corrected chi connectivity index (χ4v) is 3.32. The number of hydrogen-bond donors (Lipinski definition) is 0. The Kier molecular flexibility index (Phi) is 8.45. The average Bonchev–Trinajstić information content (AvgIpc) is 2.93. The van der Waals surface area contributed by atoms with Crippen LogP contribution in [-0.4, -0.2) is 72.3 Å². The van der Waals surface area contributed by atoms with Crippen molar-refractivity contribution in [3.63, 3.8) is 0 Å². The highest BCUT2D eigenvalue weighted by Gasteiger charge is 2.23. The van der Waals surface area contributed by atoms with Crippen LogP contribution in [0.1, 0.15) is 35.2 Å². The quantitative estimate of drug-likeness (QED) is 0.718. The second-order valence-corrected chi connectivity index (χ2v) is 6.99. The van der Waals surface area contributed by atoms with E-state index in [1.807, 2.05) is 48.2 Å². The van der Waals surface area contributed by atoms with Crippen LogP contribution < -0.4 is 0 Å². The summed E-state index contributed by atoms with van der Waals surface area (Å²) in [7, 11) is 0. The monoisotopic (exact) mass is 381 g/mol. The van der Waals surface area contributed by atoms with Gasteiger partial charge in [-0.3, -0.25) is 14.5 Å². The summed E-state index contributed by atoms with van der Waals surface area (Å²) < 4.78 is 0. The third-order valence-electron chi connectivity index (χ3n) is 4.84. The highest BCUT2D eigenvalue weighted by atomic mass is 16.2. The maximum atomic E-state index is 12.7. The molecule has 1 heterocycles. The molecule has 1 aliphatic rings. The Bertz CT molecular complexity index is 747. The van der Waals surface area contributed by atoms with Gasteiger partial charge in [0, 0.05) is 44.8 Å². The lowest BCUT2D eigenvalue weighted by atomic mass is 10.1. The van der Waals surface area contributed by atoms with Crippen molar-refractivity contribution in [3.05, 3.63) is 35.4 Å². The van der Waals surface area contributed by atoms with E-state index in [9.17, 15) is 9.59 Å². The minimum Gasteiger partial charge on any atom is -0.340 e. The van der Waals surface area contributed by atoms with Gasteiger partial charge in [-0.05, 0) is 25.5 Å². The first-order valence-electron chi connectivity index (χ1n) is 9.65. The maximum absolute atomic E-state index is 12.7. The molecule has 0 unspecified atom stereocenters. The van der Waals surface area contributed by atoms with E-state index in [-0.39, 0.29) is 31.2 Å². The highest BCUT2D eigenvalue weighted by Crippen LogP contribution is 2.11. The van der Waals surface area contributed by atoms with Crippen molar-refractivity contribution in [1.82, 2.24) is 14.7 Å². The highest BCUT2D eigenvalue weighted by molar-refractivity contribution is 5.94. The van der Waals surface area contributed by atoms with E-state index in [1.165, 1.54) is 0 Å². The van der Waals surface area contributed by atoms with Gasteiger partial charge in [0.2, 0.25) is 5.91 Å². The molecule has 2 rings (SSSR count). The molecule has 1 fully saturated rings. The number of amides is 2. The zero-order chi connectivity index (χ0) is 20.4.